The van der Waals surface area contributed by atoms with Gasteiger partial charge in [0, 0.05) is 22.2 Å². The average Bonchev–Trinajstić information content (AvgIpc) is 2.49. The van der Waals surface area contributed by atoms with Crippen LogP contribution < -0.4 is 0 Å². The second-order valence-corrected chi connectivity index (χ2v) is 5.25. The van der Waals surface area contributed by atoms with Crippen molar-refractivity contribution in [2.45, 2.75) is 33.1 Å². The van der Waals surface area contributed by atoms with E-state index in [1.807, 2.05) is 6.92 Å². The Kier molecular flexibility index (Phi) is 1.94. The van der Waals surface area contributed by atoms with E-state index in [-0.39, 0.29) is 5.41 Å². The number of rotatable bonds is 0. The maximum Gasteiger partial charge on any atom is 0.126 e. The normalized spacial score (nSPS) is 15.5. The topological polar surface area (TPSA) is 25.8 Å². The first-order chi connectivity index (χ1) is 8.01. The molecule has 3 rings (SSSR count). The van der Waals surface area contributed by atoms with E-state index < -0.39 is 0 Å². The van der Waals surface area contributed by atoms with Crippen LogP contribution in [-0.2, 0) is 5.41 Å². The van der Waals surface area contributed by atoms with E-state index in [9.17, 15) is 0 Å². The van der Waals surface area contributed by atoms with Gasteiger partial charge in [-0.05, 0) is 19.4 Å². The van der Waals surface area contributed by atoms with E-state index in [0.29, 0.717) is 0 Å². The molecule has 1 aliphatic carbocycles. The molecule has 0 saturated heterocycles. The van der Waals surface area contributed by atoms with E-state index in [1.54, 1.807) is 0 Å². The summed E-state index contributed by atoms with van der Waals surface area (Å²) in [6.07, 6.45) is 0. The van der Waals surface area contributed by atoms with Crippen molar-refractivity contribution in [2.24, 2.45) is 0 Å². The minimum Gasteiger partial charge on any atom is -0.238 e. The fourth-order valence-corrected chi connectivity index (χ4v) is 3.03. The van der Waals surface area contributed by atoms with Crippen LogP contribution >= 0.6 is 0 Å². The zero-order chi connectivity index (χ0) is 12.2. The van der Waals surface area contributed by atoms with E-state index in [0.717, 1.165) is 17.2 Å². The maximum atomic E-state index is 4.64. The maximum absolute atomic E-state index is 4.64. The molecule has 0 bridgehead atoms. The molecule has 1 aliphatic rings. The van der Waals surface area contributed by atoms with Gasteiger partial charge in [-0.15, -0.1) is 0 Å². The molecule has 2 nitrogen and oxygen atoms in total. The summed E-state index contributed by atoms with van der Waals surface area (Å²) in [6, 6.07) is 8.54. The summed E-state index contributed by atoms with van der Waals surface area (Å²) in [4.78, 5) is 9.15. The first kappa shape index (κ1) is 10.5. The van der Waals surface area contributed by atoms with Gasteiger partial charge in [0.2, 0.25) is 0 Å². The smallest absolute Gasteiger partial charge is 0.126 e. The van der Waals surface area contributed by atoms with E-state index >= 15 is 0 Å². The second-order valence-electron chi connectivity index (χ2n) is 5.25. The number of nitrogens with zero attached hydrogens (tertiary/aromatic N) is 2. The summed E-state index contributed by atoms with van der Waals surface area (Å²) in [6.45, 7) is 8.55. The van der Waals surface area contributed by atoms with Crippen LogP contribution in [0.5, 0.6) is 0 Å². The molecule has 0 aliphatic heterocycles. The van der Waals surface area contributed by atoms with Crippen molar-refractivity contribution in [3.05, 3.63) is 46.9 Å². The lowest BCUT2D eigenvalue weighted by atomic mass is 9.82. The van der Waals surface area contributed by atoms with Crippen molar-refractivity contribution >= 4 is 0 Å². The summed E-state index contributed by atoms with van der Waals surface area (Å²) in [5, 5.41) is 0. The molecule has 0 amide bonds. The lowest BCUT2D eigenvalue weighted by molar-refractivity contribution is 0.647. The Bertz CT molecular complexity index is 612. The quantitative estimate of drug-likeness (QED) is 0.685. The Morgan fingerprint density at radius 1 is 1.00 bits per heavy atom. The van der Waals surface area contributed by atoms with Crippen LogP contribution in [-0.4, -0.2) is 9.97 Å². The van der Waals surface area contributed by atoms with Gasteiger partial charge in [0.05, 0.1) is 5.69 Å². The molecule has 0 radical (unpaired) electrons. The number of aryl methyl sites for hydroxylation is 2. The lowest BCUT2D eigenvalue weighted by Crippen LogP contribution is -2.17. The Balaban J connectivity index is 2.44. The van der Waals surface area contributed by atoms with Crippen molar-refractivity contribution in [2.75, 3.05) is 0 Å². The summed E-state index contributed by atoms with van der Waals surface area (Å²) in [5.74, 6) is 0.855. The third-order valence-electron chi connectivity index (χ3n) is 3.68. The number of hydrogen-bond donors (Lipinski definition) is 0. The van der Waals surface area contributed by atoms with Gasteiger partial charge < -0.3 is 0 Å². The Hall–Kier alpha value is -1.70. The SMILES string of the molecule is Cc1nc(C)c2c(n1)-c1ccccc1C2(C)C. The molecule has 1 aromatic carbocycles. The zero-order valence-electron chi connectivity index (χ0n) is 10.7. The van der Waals surface area contributed by atoms with Gasteiger partial charge in [-0.25, -0.2) is 9.97 Å². The van der Waals surface area contributed by atoms with Gasteiger partial charge in [0.15, 0.2) is 0 Å². The van der Waals surface area contributed by atoms with Gasteiger partial charge in [-0.2, -0.15) is 0 Å². The van der Waals surface area contributed by atoms with E-state index in [2.05, 4.69) is 55.0 Å². The minimum atomic E-state index is 0.0176. The van der Waals surface area contributed by atoms with Crippen LogP contribution in [0.1, 0.15) is 36.5 Å². The first-order valence-corrected chi connectivity index (χ1v) is 5.97. The van der Waals surface area contributed by atoms with Crippen molar-refractivity contribution in [1.82, 2.24) is 9.97 Å². The van der Waals surface area contributed by atoms with Gasteiger partial charge in [0.25, 0.3) is 0 Å². The van der Waals surface area contributed by atoms with Gasteiger partial charge in [0.1, 0.15) is 5.82 Å². The summed E-state index contributed by atoms with van der Waals surface area (Å²) < 4.78 is 0. The molecule has 2 aromatic rings. The van der Waals surface area contributed by atoms with Crippen LogP contribution in [0, 0.1) is 13.8 Å². The third-order valence-corrected chi connectivity index (χ3v) is 3.68. The molecule has 0 N–H and O–H groups in total. The molecule has 0 atom stereocenters. The number of hydrogen-bond acceptors (Lipinski definition) is 2. The number of aromatic nitrogens is 2. The fraction of sp³-hybridized carbons (Fsp3) is 0.333. The summed E-state index contributed by atoms with van der Waals surface area (Å²) >= 11 is 0. The average molecular weight is 224 g/mol. The van der Waals surface area contributed by atoms with Crippen molar-refractivity contribution in [3.8, 4) is 11.3 Å². The van der Waals surface area contributed by atoms with Crippen LogP contribution in [0.4, 0.5) is 0 Å². The summed E-state index contributed by atoms with van der Waals surface area (Å²) in [7, 11) is 0. The second kappa shape index (κ2) is 3.16. The third kappa shape index (κ3) is 1.27. The largest absolute Gasteiger partial charge is 0.238 e. The highest BCUT2D eigenvalue weighted by Crippen LogP contribution is 2.48. The van der Waals surface area contributed by atoms with Crippen molar-refractivity contribution in [3.63, 3.8) is 0 Å². The predicted molar refractivity (Wildman–Crippen MR) is 69.1 cm³/mol. The molecular weight excluding hydrogens is 208 g/mol. The molecular formula is C15H16N2. The number of benzene rings is 1. The highest BCUT2D eigenvalue weighted by Gasteiger charge is 2.38. The molecule has 86 valence electrons. The Labute approximate surface area is 102 Å². The minimum absolute atomic E-state index is 0.0176. The van der Waals surface area contributed by atoms with Gasteiger partial charge in [-0.1, -0.05) is 38.1 Å². The molecule has 17 heavy (non-hydrogen) atoms. The molecule has 0 saturated carbocycles. The lowest BCUT2D eigenvalue weighted by Gasteiger charge is -2.22. The Morgan fingerprint density at radius 2 is 1.71 bits per heavy atom. The van der Waals surface area contributed by atoms with E-state index in [1.165, 1.54) is 16.7 Å². The molecule has 0 unspecified atom stereocenters. The molecule has 1 heterocycles. The van der Waals surface area contributed by atoms with Gasteiger partial charge >= 0.3 is 0 Å². The molecule has 2 heteroatoms. The molecule has 0 spiro atoms. The van der Waals surface area contributed by atoms with E-state index in [4.69, 9.17) is 0 Å². The van der Waals surface area contributed by atoms with Crippen LogP contribution in [0.15, 0.2) is 24.3 Å². The van der Waals surface area contributed by atoms with Crippen LogP contribution in [0.2, 0.25) is 0 Å². The standard InChI is InChI=1S/C15H16N2/c1-9-13-14(17-10(2)16-9)11-7-5-6-8-12(11)15(13,3)4/h5-8H,1-4H3. The zero-order valence-corrected chi connectivity index (χ0v) is 10.7. The van der Waals surface area contributed by atoms with Crippen molar-refractivity contribution in [1.29, 1.82) is 0 Å². The molecule has 1 aromatic heterocycles. The van der Waals surface area contributed by atoms with Crippen LogP contribution in [0.3, 0.4) is 0 Å². The monoisotopic (exact) mass is 224 g/mol. The molecule has 0 fully saturated rings. The summed E-state index contributed by atoms with van der Waals surface area (Å²) in [5.41, 5.74) is 6.15. The fourth-order valence-electron chi connectivity index (χ4n) is 3.03. The highest BCUT2D eigenvalue weighted by atomic mass is 14.9. The first-order valence-electron chi connectivity index (χ1n) is 5.97. The number of fused-ring (bicyclic) bond motifs is 3. The highest BCUT2D eigenvalue weighted by molar-refractivity contribution is 5.78. The predicted octanol–water partition coefficient (Wildman–Crippen LogP) is 3.40. The van der Waals surface area contributed by atoms with Gasteiger partial charge in [-0.3, -0.25) is 0 Å². The van der Waals surface area contributed by atoms with Crippen molar-refractivity contribution < 1.29 is 0 Å². The Morgan fingerprint density at radius 3 is 2.47 bits per heavy atom. The van der Waals surface area contributed by atoms with Crippen LogP contribution in [0.25, 0.3) is 11.3 Å².